The molecule has 0 atom stereocenters. The lowest BCUT2D eigenvalue weighted by Gasteiger charge is -2.12. The highest BCUT2D eigenvalue weighted by molar-refractivity contribution is 7.80. The van der Waals surface area contributed by atoms with Crippen LogP contribution in [-0.4, -0.2) is 36.7 Å². The van der Waals surface area contributed by atoms with Gasteiger partial charge in [0.05, 0.1) is 6.61 Å². The van der Waals surface area contributed by atoms with Gasteiger partial charge in [-0.15, -0.1) is 0 Å². The van der Waals surface area contributed by atoms with Crippen LogP contribution in [0.1, 0.15) is 49.9 Å². The third kappa shape index (κ3) is 9.45. The maximum Gasteiger partial charge on any atom is 0.257 e. The van der Waals surface area contributed by atoms with E-state index in [0.717, 1.165) is 19.3 Å². The Kier molecular flexibility index (Phi) is 11.2. The van der Waals surface area contributed by atoms with E-state index in [2.05, 4.69) is 22.9 Å². The minimum absolute atomic E-state index is 0.0187. The van der Waals surface area contributed by atoms with Crippen LogP contribution in [0, 0.1) is 0 Å². The van der Waals surface area contributed by atoms with Crippen molar-refractivity contribution >= 4 is 40.5 Å². The Balaban J connectivity index is 1.87. The molecule has 0 aliphatic heterocycles. The summed E-state index contributed by atoms with van der Waals surface area (Å²) >= 11 is 5.27. The van der Waals surface area contributed by atoms with Gasteiger partial charge in [-0.1, -0.05) is 31.9 Å². The molecule has 0 aliphatic rings. The van der Waals surface area contributed by atoms with Crippen molar-refractivity contribution in [2.45, 2.75) is 39.5 Å². The van der Waals surface area contributed by atoms with Crippen LogP contribution in [0.3, 0.4) is 0 Å². The Bertz CT molecular complexity index is 904. The molecule has 7 nitrogen and oxygen atoms in total. The molecule has 0 fully saturated rings. The lowest BCUT2D eigenvalue weighted by Crippen LogP contribution is -2.34. The molecule has 0 aromatic heterocycles. The summed E-state index contributed by atoms with van der Waals surface area (Å²) in [5, 5.41) is 8.66. The second-order valence-corrected chi connectivity index (χ2v) is 7.48. The molecule has 0 bridgehead atoms. The summed E-state index contributed by atoms with van der Waals surface area (Å²) < 4.78 is 10.8. The van der Waals surface area contributed by atoms with Crippen LogP contribution in [0.15, 0.2) is 48.5 Å². The van der Waals surface area contributed by atoms with E-state index >= 15 is 0 Å². The van der Waals surface area contributed by atoms with Crippen molar-refractivity contribution in [2.75, 3.05) is 30.5 Å². The number of anilines is 2. The van der Waals surface area contributed by atoms with Crippen LogP contribution in [0.25, 0.3) is 0 Å². The Morgan fingerprint density at radius 3 is 2.44 bits per heavy atom. The van der Waals surface area contributed by atoms with Crippen molar-refractivity contribution < 1.29 is 19.1 Å². The zero-order valence-electron chi connectivity index (χ0n) is 18.6. The van der Waals surface area contributed by atoms with Crippen molar-refractivity contribution in [1.29, 1.82) is 0 Å². The van der Waals surface area contributed by atoms with Gasteiger partial charge in [-0.3, -0.25) is 14.9 Å². The zero-order chi connectivity index (χ0) is 23.2. The minimum Gasteiger partial charge on any atom is -0.491 e. The molecule has 0 unspecified atom stereocenters. The zero-order valence-corrected chi connectivity index (χ0v) is 19.4. The molecule has 0 aliphatic carbocycles. The van der Waals surface area contributed by atoms with Crippen LogP contribution in [-0.2, 0) is 9.53 Å². The average molecular weight is 458 g/mol. The van der Waals surface area contributed by atoms with Crippen LogP contribution in [0.5, 0.6) is 5.75 Å². The van der Waals surface area contributed by atoms with Gasteiger partial charge in [0.15, 0.2) is 5.11 Å². The number of nitrogens with one attached hydrogen (secondary N) is 3. The largest absolute Gasteiger partial charge is 0.491 e. The average Bonchev–Trinajstić information content (AvgIpc) is 2.77. The molecule has 2 amide bonds. The predicted octanol–water partition coefficient (Wildman–Crippen LogP) is 4.75. The monoisotopic (exact) mass is 457 g/mol. The van der Waals surface area contributed by atoms with E-state index in [1.807, 2.05) is 13.0 Å². The number of carbonyl (C=O) groups excluding carboxylic acids is 2. The number of ether oxygens (including phenoxy) is 2. The van der Waals surface area contributed by atoms with E-state index < -0.39 is 0 Å². The van der Waals surface area contributed by atoms with Gasteiger partial charge < -0.3 is 20.1 Å². The molecule has 2 aromatic rings. The number of thiocarbonyl (C=S) groups is 1. The van der Waals surface area contributed by atoms with E-state index in [9.17, 15) is 9.59 Å². The summed E-state index contributed by atoms with van der Waals surface area (Å²) in [4.78, 5) is 24.6. The van der Waals surface area contributed by atoms with Crippen molar-refractivity contribution in [3.63, 3.8) is 0 Å². The Labute approximate surface area is 194 Å². The molecule has 0 spiro atoms. The fraction of sp³-hybridized carbons (Fsp3) is 0.375. The van der Waals surface area contributed by atoms with Gasteiger partial charge in [0.1, 0.15) is 12.4 Å². The maximum absolute atomic E-state index is 12.5. The Morgan fingerprint density at radius 2 is 1.69 bits per heavy atom. The summed E-state index contributed by atoms with van der Waals surface area (Å²) in [6, 6.07) is 14.0. The van der Waals surface area contributed by atoms with Gasteiger partial charge in [-0.2, -0.15) is 0 Å². The van der Waals surface area contributed by atoms with Crippen LogP contribution in [0.4, 0.5) is 11.4 Å². The fourth-order valence-electron chi connectivity index (χ4n) is 2.86. The highest BCUT2D eigenvalue weighted by atomic mass is 32.1. The second-order valence-electron chi connectivity index (χ2n) is 7.07. The molecule has 8 heteroatoms. The number of amides is 2. The van der Waals surface area contributed by atoms with Crippen molar-refractivity contribution in [2.24, 2.45) is 0 Å². The van der Waals surface area contributed by atoms with E-state index in [1.165, 1.54) is 0 Å². The molecular formula is C24H31N3O4S. The number of hydrogen-bond donors (Lipinski definition) is 3. The lowest BCUT2D eigenvalue weighted by atomic mass is 10.2. The maximum atomic E-state index is 12.5. The Hall–Kier alpha value is -2.97. The van der Waals surface area contributed by atoms with Crippen LogP contribution in [0.2, 0.25) is 0 Å². The smallest absolute Gasteiger partial charge is 0.257 e. The van der Waals surface area contributed by atoms with Crippen LogP contribution < -0.4 is 20.7 Å². The van der Waals surface area contributed by atoms with Gasteiger partial charge in [0.25, 0.3) is 5.91 Å². The number of hydrogen-bond acceptors (Lipinski definition) is 5. The summed E-state index contributed by atoms with van der Waals surface area (Å²) in [5.41, 5.74) is 1.76. The first kappa shape index (κ1) is 25.3. The van der Waals surface area contributed by atoms with E-state index in [0.29, 0.717) is 48.9 Å². The Morgan fingerprint density at radius 1 is 0.938 bits per heavy atom. The number of benzene rings is 2. The summed E-state index contributed by atoms with van der Waals surface area (Å²) in [6.07, 6.45) is 3.47. The summed E-state index contributed by atoms with van der Waals surface area (Å²) in [7, 11) is 0. The van der Waals surface area contributed by atoms with Crippen molar-refractivity contribution in [3.05, 3.63) is 54.1 Å². The molecular weight excluding hydrogens is 426 g/mol. The topological polar surface area (TPSA) is 88.7 Å². The van der Waals surface area contributed by atoms with Gasteiger partial charge in [-0.05, 0) is 62.0 Å². The third-order valence-corrected chi connectivity index (χ3v) is 4.64. The summed E-state index contributed by atoms with van der Waals surface area (Å²) in [5.74, 6) is 0.214. The molecule has 0 saturated carbocycles. The van der Waals surface area contributed by atoms with E-state index in [1.54, 1.807) is 42.5 Å². The van der Waals surface area contributed by atoms with Gasteiger partial charge in [0, 0.05) is 30.0 Å². The first-order chi connectivity index (χ1) is 15.5. The number of rotatable bonds is 12. The standard InChI is InChI=1S/C24H31N3O4S/c1-3-5-6-13-22(28)25-19-10-8-11-20(17-19)26-24(32)27-23(29)18-9-7-12-21(16-18)31-15-14-30-4-2/h7-12,16-17H,3-6,13-15H2,1-2H3,(H,25,28)(H2,26,27,29,32). The second kappa shape index (κ2) is 14.2. The molecule has 172 valence electrons. The number of carbonyl (C=O) groups is 2. The highest BCUT2D eigenvalue weighted by Crippen LogP contribution is 2.16. The number of unbranched alkanes of at least 4 members (excludes halogenated alkanes) is 2. The fourth-order valence-corrected chi connectivity index (χ4v) is 3.07. The lowest BCUT2D eigenvalue weighted by molar-refractivity contribution is -0.116. The molecule has 0 saturated heterocycles. The van der Waals surface area contributed by atoms with Gasteiger partial charge in [0.2, 0.25) is 5.91 Å². The molecule has 0 heterocycles. The van der Waals surface area contributed by atoms with Gasteiger partial charge in [-0.25, -0.2) is 0 Å². The predicted molar refractivity (Wildman–Crippen MR) is 131 cm³/mol. The normalized spacial score (nSPS) is 10.3. The first-order valence-corrected chi connectivity index (χ1v) is 11.3. The molecule has 32 heavy (non-hydrogen) atoms. The molecule has 2 rings (SSSR count). The van der Waals surface area contributed by atoms with Crippen molar-refractivity contribution in [3.8, 4) is 5.75 Å². The molecule has 3 N–H and O–H groups in total. The molecule has 2 aromatic carbocycles. The van der Waals surface area contributed by atoms with Crippen molar-refractivity contribution in [1.82, 2.24) is 5.32 Å². The summed E-state index contributed by atoms with van der Waals surface area (Å²) in [6.45, 7) is 5.54. The third-order valence-electron chi connectivity index (χ3n) is 4.44. The molecule has 0 radical (unpaired) electrons. The van der Waals surface area contributed by atoms with Gasteiger partial charge >= 0.3 is 0 Å². The minimum atomic E-state index is -0.349. The highest BCUT2D eigenvalue weighted by Gasteiger charge is 2.10. The first-order valence-electron chi connectivity index (χ1n) is 10.8. The SMILES string of the molecule is CCCCCC(=O)Nc1cccc(NC(=S)NC(=O)c2cccc(OCCOCC)c2)c1. The van der Waals surface area contributed by atoms with E-state index in [-0.39, 0.29) is 16.9 Å². The quantitative estimate of drug-likeness (QED) is 0.315. The van der Waals surface area contributed by atoms with Crippen LogP contribution >= 0.6 is 12.2 Å². The van der Waals surface area contributed by atoms with E-state index in [4.69, 9.17) is 21.7 Å².